The van der Waals surface area contributed by atoms with Crippen molar-refractivity contribution in [3.05, 3.63) is 36.3 Å². The topological polar surface area (TPSA) is 88.1 Å². The maximum atomic E-state index is 11.2. The summed E-state index contributed by atoms with van der Waals surface area (Å²) in [5, 5.41) is 1.90. The van der Waals surface area contributed by atoms with Crippen molar-refractivity contribution in [2.24, 2.45) is 0 Å². The van der Waals surface area contributed by atoms with E-state index < -0.39 is 11.1 Å². The first kappa shape index (κ1) is 13.6. The summed E-state index contributed by atoms with van der Waals surface area (Å²) in [6.45, 7) is 1.28. The van der Waals surface area contributed by atoms with Crippen LogP contribution in [0.4, 0.5) is 0 Å². The maximum absolute atomic E-state index is 11.2. The number of aromatic nitrogens is 3. The van der Waals surface area contributed by atoms with Crippen LogP contribution in [-0.2, 0) is 15.8 Å². The Morgan fingerprint density at radius 2 is 2.23 bits per heavy atom. The molecule has 1 atom stereocenters. The van der Waals surface area contributed by atoms with E-state index in [4.69, 9.17) is 4.74 Å². The highest BCUT2D eigenvalue weighted by Crippen LogP contribution is 2.32. The first-order chi connectivity index (χ1) is 10.7. The number of hydrogen-bond acceptors (Lipinski definition) is 4. The molecule has 0 aliphatic carbocycles. The SMILES string of the molecule is O=S(O)c1ccc2c(c1)[nH]c1ncnc(C3=CCOCC3)c12. The molecule has 0 radical (unpaired) electrons. The Hall–Kier alpha value is -2.09. The smallest absolute Gasteiger partial charge is 0.186 e. The molecule has 2 N–H and O–H groups in total. The number of nitrogens with one attached hydrogen (secondary N) is 1. The second-order valence-corrected chi connectivity index (χ2v) is 6.05. The van der Waals surface area contributed by atoms with E-state index in [9.17, 15) is 8.76 Å². The Labute approximate surface area is 128 Å². The van der Waals surface area contributed by atoms with Crippen LogP contribution in [0.25, 0.3) is 27.5 Å². The zero-order valence-corrected chi connectivity index (χ0v) is 12.4. The number of H-pyrrole nitrogens is 1. The molecule has 112 valence electrons. The van der Waals surface area contributed by atoms with Crippen molar-refractivity contribution in [1.82, 2.24) is 15.0 Å². The summed E-state index contributed by atoms with van der Waals surface area (Å²) in [6, 6.07) is 5.17. The lowest BCUT2D eigenvalue weighted by Gasteiger charge is -2.13. The Morgan fingerprint density at radius 3 is 3.00 bits per heavy atom. The maximum Gasteiger partial charge on any atom is 0.186 e. The van der Waals surface area contributed by atoms with Crippen molar-refractivity contribution in [3.8, 4) is 0 Å². The van der Waals surface area contributed by atoms with E-state index in [1.807, 2.05) is 12.1 Å². The Bertz CT molecular complexity index is 932. The molecular formula is C15H13N3O3S. The van der Waals surface area contributed by atoms with Gasteiger partial charge in [-0.05, 0) is 24.1 Å². The molecule has 2 aromatic heterocycles. The van der Waals surface area contributed by atoms with Gasteiger partial charge in [-0.15, -0.1) is 0 Å². The fourth-order valence-electron chi connectivity index (χ4n) is 2.80. The number of ether oxygens (including phenoxy) is 1. The van der Waals surface area contributed by atoms with Gasteiger partial charge in [0.2, 0.25) is 0 Å². The fraction of sp³-hybridized carbons (Fsp3) is 0.200. The van der Waals surface area contributed by atoms with Gasteiger partial charge in [0.05, 0.1) is 29.2 Å². The van der Waals surface area contributed by atoms with Gasteiger partial charge in [0.15, 0.2) is 11.1 Å². The summed E-state index contributed by atoms with van der Waals surface area (Å²) in [7, 11) is 0. The fourth-order valence-corrected chi connectivity index (χ4v) is 3.21. The van der Waals surface area contributed by atoms with Gasteiger partial charge in [-0.25, -0.2) is 14.2 Å². The monoisotopic (exact) mass is 315 g/mol. The van der Waals surface area contributed by atoms with Crippen molar-refractivity contribution in [2.75, 3.05) is 13.2 Å². The van der Waals surface area contributed by atoms with Gasteiger partial charge in [0.25, 0.3) is 0 Å². The quantitative estimate of drug-likeness (QED) is 0.709. The van der Waals surface area contributed by atoms with Crippen LogP contribution >= 0.6 is 0 Å². The third-order valence-electron chi connectivity index (χ3n) is 3.83. The molecule has 0 bridgehead atoms. The van der Waals surface area contributed by atoms with Crippen LogP contribution in [0.1, 0.15) is 12.1 Å². The van der Waals surface area contributed by atoms with E-state index in [0.717, 1.165) is 39.6 Å². The van der Waals surface area contributed by atoms with Crippen molar-refractivity contribution in [2.45, 2.75) is 11.3 Å². The van der Waals surface area contributed by atoms with E-state index in [0.29, 0.717) is 18.1 Å². The average Bonchev–Trinajstić information content (AvgIpc) is 2.93. The predicted molar refractivity (Wildman–Crippen MR) is 83.8 cm³/mol. The molecule has 1 aliphatic rings. The number of aromatic amines is 1. The summed E-state index contributed by atoms with van der Waals surface area (Å²) in [5.74, 6) is 0. The summed E-state index contributed by atoms with van der Waals surface area (Å²) >= 11 is -2.00. The zero-order chi connectivity index (χ0) is 15.1. The number of nitrogens with zero attached hydrogens (tertiary/aromatic N) is 2. The Kier molecular flexibility index (Phi) is 3.25. The van der Waals surface area contributed by atoms with E-state index in [2.05, 4.69) is 15.0 Å². The molecule has 4 rings (SSSR count). The summed E-state index contributed by atoms with van der Waals surface area (Å²) in [4.78, 5) is 12.3. The standard InChI is InChI=1S/C15H13N3O3S/c19-22(20)10-1-2-11-12(7-10)18-15-13(11)14(16-8-17-15)9-3-5-21-6-4-9/h1-3,7-8H,4-6H2,(H,19,20)(H,16,17,18). The second-order valence-electron chi connectivity index (χ2n) is 5.08. The molecule has 3 aromatic rings. The summed E-state index contributed by atoms with van der Waals surface area (Å²) in [6.07, 6.45) is 4.40. The van der Waals surface area contributed by atoms with Crippen LogP contribution < -0.4 is 0 Å². The lowest BCUT2D eigenvalue weighted by atomic mass is 10.0. The van der Waals surface area contributed by atoms with Crippen LogP contribution in [0.3, 0.4) is 0 Å². The van der Waals surface area contributed by atoms with E-state index in [1.165, 1.54) is 6.33 Å². The largest absolute Gasteiger partial charge is 0.377 e. The molecule has 3 heterocycles. The lowest BCUT2D eigenvalue weighted by Crippen LogP contribution is -2.05. The molecular weight excluding hydrogens is 302 g/mol. The van der Waals surface area contributed by atoms with Crippen LogP contribution in [0.2, 0.25) is 0 Å². The Morgan fingerprint density at radius 1 is 1.32 bits per heavy atom. The number of rotatable bonds is 2. The highest BCUT2D eigenvalue weighted by molar-refractivity contribution is 7.79. The highest BCUT2D eigenvalue weighted by Gasteiger charge is 2.16. The summed E-state index contributed by atoms with van der Waals surface area (Å²) in [5.41, 5.74) is 3.56. The molecule has 0 saturated carbocycles. The first-order valence-corrected chi connectivity index (χ1v) is 7.99. The average molecular weight is 315 g/mol. The number of benzene rings is 1. The molecule has 0 saturated heterocycles. The van der Waals surface area contributed by atoms with Gasteiger partial charge < -0.3 is 14.3 Å². The van der Waals surface area contributed by atoms with E-state index in [1.54, 1.807) is 12.1 Å². The summed E-state index contributed by atoms with van der Waals surface area (Å²) < 4.78 is 25.8. The van der Waals surface area contributed by atoms with Gasteiger partial charge in [-0.1, -0.05) is 12.1 Å². The Balaban J connectivity index is 2.00. The second kappa shape index (κ2) is 5.28. The number of hydrogen-bond donors (Lipinski definition) is 2. The minimum absolute atomic E-state index is 0.360. The van der Waals surface area contributed by atoms with Gasteiger partial charge in [-0.2, -0.15) is 0 Å². The molecule has 22 heavy (non-hydrogen) atoms. The molecule has 0 amide bonds. The first-order valence-electron chi connectivity index (χ1n) is 6.88. The molecule has 1 unspecified atom stereocenters. The molecule has 0 spiro atoms. The minimum atomic E-state index is -2.00. The van der Waals surface area contributed by atoms with Crippen molar-refractivity contribution >= 4 is 38.6 Å². The van der Waals surface area contributed by atoms with Crippen molar-refractivity contribution < 1.29 is 13.5 Å². The van der Waals surface area contributed by atoms with Gasteiger partial charge in [0, 0.05) is 10.9 Å². The van der Waals surface area contributed by atoms with Gasteiger partial charge >= 0.3 is 0 Å². The lowest BCUT2D eigenvalue weighted by molar-refractivity contribution is 0.161. The minimum Gasteiger partial charge on any atom is -0.377 e. The van der Waals surface area contributed by atoms with Gasteiger partial charge in [-0.3, -0.25) is 0 Å². The predicted octanol–water partition coefficient (Wildman–Crippen LogP) is 2.50. The molecule has 7 heteroatoms. The van der Waals surface area contributed by atoms with Crippen molar-refractivity contribution in [3.63, 3.8) is 0 Å². The van der Waals surface area contributed by atoms with Crippen LogP contribution in [0.5, 0.6) is 0 Å². The van der Waals surface area contributed by atoms with E-state index >= 15 is 0 Å². The highest BCUT2D eigenvalue weighted by atomic mass is 32.2. The number of fused-ring (bicyclic) bond motifs is 3. The van der Waals surface area contributed by atoms with Crippen LogP contribution in [0, 0.1) is 0 Å². The van der Waals surface area contributed by atoms with Gasteiger partial charge in [0.1, 0.15) is 12.0 Å². The molecule has 0 fully saturated rings. The van der Waals surface area contributed by atoms with Crippen LogP contribution in [-0.4, -0.2) is 36.9 Å². The molecule has 1 aliphatic heterocycles. The molecule has 1 aromatic carbocycles. The molecule has 6 nitrogen and oxygen atoms in total. The normalized spacial score (nSPS) is 16.9. The van der Waals surface area contributed by atoms with Crippen molar-refractivity contribution in [1.29, 1.82) is 0 Å². The van der Waals surface area contributed by atoms with E-state index in [-0.39, 0.29) is 0 Å². The third kappa shape index (κ3) is 2.14. The third-order valence-corrected chi connectivity index (χ3v) is 4.49. The van der Waals surface area contributed by atoms with Crippen LogP contribution in [0.15, 0.2) is 35.5 Å². The zero-order valence-electron chi connectivity index (χ0n) is 11.6.